The molecule has 0 N–H and O–H groups in total. The highest BCUT2D eigenvalue weighted by Crippen LogP contribution is 2.29. The van der Waals surface area contributed by atoms with Crippen molar-refractivity contribution in [1.29, 1.82) is 0 Å². The van der Waals surface area contributed by atoms with Crippen LogP contribution in [0.2, 0.25) is 10.0 Å². The molecule has 0 saturated carbocycles. The summed E-state index contributed by atoms with van der Waals surface area (Å²) in [6.07, 6.45) is -2.62. The second-order valence-corrected chi connectivity index (χ2v) is 3.74. The molecule has 0 atom stereocenters. The average Bonchev–Trinajstić information content (AvgIpc) is 1.99. The van der Waals surface area contributed by atoms with Gasteiger partial charge < -0.3 is 0 Å². The summed E-state index contributed by atoms with van der Waals surface area (Å²) in [5.74, 6) is 0. The number of aromatic nitrogens is 1. The lowest BCUT2D eigenvalue weighted by molar-refractivity contribution is 0.146. The van der Waals surface area contributed by atoms with E-state index in [1.54, 1.807) is 22.6 Å². The fourth-order valence-electron chi connectivity index (χ4n) is 0.598. The van der Waals surface area contributed by atoms with Crippen molar-refractivity contribution >= 4 is 45.8 Å². The van der Waals surface area contributed by atoms with E-state index < -0.39 is 6.43 Å². The van der Waals surface area contributed by atoms with E-state index >= 15 is 0 Å². The summed E-state index contributed by atoms with van der Waals surface area (Å²) < 4.78 is 24.5. The molecule has 1 nitrogen and oxygen atoms in total. The molecule has 1 aromatic heterocycles. The van der Waals surface area contributed by atoms with Gasteiger partial charge in [-0.3, -0.25) is 0 Å². The Bertz CT molecular complexity index is 283. The maximum Gasteiger partial charge on any atom is 0.280 e. The first kappa shape index (κ1) is 10.4. The molecule has 1 rings (SSSR count). The predicted octanol–water partition coefficient (Wildman–Crippen LogP) is 3.93. The van der Waals surface area contributed by atoms with Crippen LogP contribution in [0.3, 0.4) is 0 Å². The lowest BCUT2D eigenvalue weighted by atomic mass is 10.4. The Labute approximate surface area is 91.2 Å². The highest BCUT2D eigenvalue weighted by Gasteiger charge is 2.13. The number of alkyl halides is 2. The number of hydrogen-bond acceptors (Lipinski definition) is 1. The van der Waals surface area contributed by atoms with Gasteiger partial charge in [-0.25, -0.2) is 13.8 Å². The Balaban J connectivity index is 3.21. The first-order valence-electron chi connectivity index (χ1n) is 2.82. The Hall–Kier alpha value is 0.320. The fourth-order valence-corrected chi connectivity index (χ4v) is 1.62. The minimum Gasteiger partial charge on any atom is -0.239 e. The molecule has 0 aromatic carbocycles. The van der Waals surface area contributed by atoms with Crippen LogP contribution in [0.5, 0.6) is 0 Å². The quantitative estimate of drug-likeness (QED) is 0.563. The molecule has 0 aliphatic rings. The summed E-state index contributed by atoms with van der Waals surface area (Å²) in [7, 11) is 0. The molecule has 12 heavy (non-hydrogen) atoms. The third kappa shape index (κ3) is 2.17. The summed E-state index contributed by atoms with van der Waals surface area (Å²) in [6, 6.07) is 1.07. The lowest BCUT2D eigenvalue weighted by Crippen LogP contribution is -1.93. The molecular formula is C6H2Cl2F2IN. The first-order valence-corrected chi connectivity index (χ1v) is 4.65. The van der Waals surface area contributed by atoms with E-state index in [9.17, 15) is 8.78 Å². The smallest absolute Gasteiger partial charge is 0.239 e. The number of pyridine rings is 1. The molecule has 0 bridgehead atoms. The molecule has 0 unspecified atom stereocenters. The van der Waals surface area contributed by atoms with Gasteiger partial charge in [0.2, 0.25) is 0 Å². The molecule has 0 aliphatic heterocycles. The van der Waals surface area contributed by atoms with Crippen molar-refractivity contribution < 1.29 is 8.78 Å². The Morgan fingerprint density at radius 3 is 2.42 bits per heavy atom. The molecule has 6 heteroatoms. The summed E-state index contributed by atoms with van der Waals surface area (Å²) in [5, 5.41) is 0.313. The van der Waals surface area contributed by atoms with Crippen molar-refractivity contribution in [3.63, 3.8) is 0 Å². The van der Waals surface area contributed by atoms with Crippen molar-refractivity contribution in [2.45, 2.75) is 6.43 Å². The number of nitrogens with zero attached hydrogens (tertiary/aromatic N) is 1. The van der Waals surface area contributed by atoms with Crippen LogP contribution in [0.25, 0.3) is 0 Å². The molecule has 0 spiro atoms. The van der Waals surface area contributed by atoms with Gasteiger partial charge in [-0.2, -0.15) is 0 Å². The molecule has 0 fully saturated rings. The van der Waals surface area contributed by atoms with Crippen LogP contribution in [-0.2, 0) is 0 Å². The van der Waals surface area contributed by atoms with E-state index in [0.717, 1.165) is 6.07 Å². The van der Waals surface area contributed by atoms with E-state index in [2.05, 4.69) is 4.98 Å². The second-order valence-electron chi connectivity index (χ2n) is 1.93. The van der Waals surface area contributed by atoms with E-state index in [-0.39, 0.29) is 19.4 Å². The third-order valence-corrected chi connectivity index (χ3v) is 2.99. The maximum atomic E-state index is 12.1. The van der Waals surface area contributed by atoms with Crippen LogP contribution in [0.15, 0.2) is 6.07 Å². The van der Waals surface area contributed by atoms with Crippen LogP contribution >= 0.6 is 45.8 Å². The monoisotopic (exact) mass is 323 g/mol. The zero-order valence-corrected chi connectivity index (χ0v) is 9.16. The first-order chi connectivity index (χ1) is 5.52. The number of rotatable bonds is 1. The molecule has 0 amide bonds. The normalized spacial score (nSPS) is 10.8. The van der Waals surface area contributed by atoms with Gasteiger partial charge in [-0.05, 0) is 28.7 Å². The summed E-state index contributed by atoms with van der Waals surface area (Å²) >= 11 is 12.9. The number of hydrogen-bond donors (Lipinski definition) is 0. The zero-order valence-electron chi connectivity index (χ0n) is 5.49. The van der Waals surface area contributed by atoms with Gasteiger partial charge in [-0.1, -0.05) is 23.2 Å². The van der Waals surface area contributed by atoms with Crippen molar-refractivity contribution in [2.75, 3.05) is 0 Å². The van der Waals surface area contributed by atoms with Crippen LogP contribution in [-0.4, -0.2) is 4.98 Å². The van der Waals surface area contributed by atoms with E-state index in [1.165, 1.54) is 0 Å². The van der Waals surface area contributed by atoms with Crippen molar-refractivity contribution in [3.8, 4) is 0 Å². The molecule has 0 saturated heterocycles. The lowest BCUT2D eigenvalue weighted by Gasteiger charge is -2.02. The van der Waals surface area contributed by atoms with Crippen LogP contribution < -0.4 is 0 Å². The molecule has 1 heterocycles. The van der Waals surface area contributed by atoms with Gasteiger partial charge in [0.05, 0.1) is 10.0 Å². The summed E-state index contributed by atoms with van der Waals surface area (Å²) in [6.45, 7) is 0. The minimum absolute atomic E-state index is 0.103. The largest absolute Gasteiger partial charge is 0.280 e. The van der Waals surface area contributed by atoms with Gasteiger partial charge >= 0.3 is 0 Å². The highest BCUT2D eigenvalue weighted by molar-refractivity contribution is 14.1. The van der Waals surface area contributed by atoms with E-state index in [4.69, 9.17) is 23.2 Å². The SMILES string of the molecule is FC(F)c1cc(Cl)c(Cl)c(I)n1. The van der Waals surface area contributed by atoms with Crippen LogP contribution in [0, 0.1) is 3.70 Å². The summed E-state index contributed by atoms with van der Waals surface area (Å²) in [5.41, 5.74) is -0.353. The third-order valence-electron chi connectivity index (χ3n) is 1.12. The average molecular weight is 324 g/mol. The van der Waals surface area contributed by atoms with E-state index in [0.29, 0.717) is 0 Å². The molecule has 1 aromatic rings. The zero-order chi connectivity index (χ0) is 9.30. The molecule has 0 aliphatic carbocycles. The van der Waals surface area contributed by atoms with Crippen molar-refractivity contribution in [2.24, 2.45) is 0 Å². The van der Waals surface area contributed by atoms with Gasteiger partial charge in [0.15, 0.2) is 0 Å². The summed E-state index contributed by atoms with van der Waals surface area (Å²) in [4.78, 5) is 3.55. The van der Waals surface area contributed by atoms with Crippen LogP contribution in [0.4, 0.5) is 8.78 Å². The minimum atomic E-state index is -2.62. The molecule has 66 valence electrons. The highest BCUT2D eigenvalue weighted by atomic mass is 127. The van der Waals surface area contributed by atoms with Gasteiger partial charge in [0.1, 0.15) is 9.39 Å². The van der Waals surface area contributed by atoms with Crippen molar-refractivity contribution in [1.82, 2.24) is 4.98 Å². The number of halogens is 5. The van der Waals surface area contributed by atoms with Crippen molar-refractivity contribution in [3.05, 3.63) is 25.5 Å². The maximum absolute atomic E-state index is 12.1. The molecule has 0 radical (unpaired) electrons. The standard InChI is InChI=1S/C6H2Cl2F2IN/c7-2-1-3(5(9)10)12-6(11)4(2)8/h1,5H. The van der Waals surface area contributed by atoms with Gasteiger partial charge in [-0.15, -0.1) is 0 Å². The Morgan fingerprint density at radius 1 is 1.42 bits per heavy atom. The second kappa shape index (κ2) is 4.02. The topological polar surface area (TPSA) is 12.9 Å². The van der Waals surface area contributed by atoms with Crippen LogP contribution in [0.1, 0.15) is 12.1 Å². The van der Waals surface area contributed by atoms with Gasteiger partial charge in [0.25, 0.3) is 6.43 Å². The van der Waals surface area contributed by atoms with Gasteiger partial charge in [0, 0.05) is 0 Å². The van der Waals surface area contributed by atoms with E-state index in [1.807, 2.05) is 0 Å². The fraction of sp³-hybridized carbons (Fsp3) is 0.167. The Morgan fingerprint density at radius 2 is 2.00 bits per heavy atom. The predicted molar refractivity (Wildman–Crippen MR) is 51.9 cm³/mol. The molecular weight excluding hydrogens is 322 g/mol. The Kier molecular flexibility index (Phi) is 3.48.